The first-order chi connectivity index (χ1) is 9.58. The van der Waals surface area contributed by atoms with Gasteiger partial charge in [-0.15, -0.1) is 0 Å². The normalized spacial score (nSPS) is 18.3. The van der Waals surface area contributed by atoms with E-state index in [1.165, 1.54) is 48.1 Å². The van der Waals surface area contributed by atoms with Gasteiger partial charge in [-0.05, 0) is 42.5 Å². The molecule has 0 unspecified atom stereocenters. The van der Waals surface area contributed by atoms with E-state index in [1.54, 1.807) is 0 Å². The van der Waals surface area contributed by atoms with Crippen LogP contribution in [-0.4, -0.2) is 19.6 Å². The Bertz CT molecular complexity index is 437. The minimum Gasteiger partial charge on any atom is -0.371 e. The third-order valence-electron chi connectivity index (χ3n) is 4.79. The lowest BCUT2D eigenvalue weighted by atomic mass is 9.78. The first-order valence-corrected chi connectivity index (χ1v) is 8.61. The summed E-state index contributed by atoms with van der Waals surface area (Å²) >= 11 is 3.71. The molecule has 1 N–H and O–H groups in total. The maximum atomic E-state index is 3.71. The van der Waals surface area contributed by atoms with Crippen LogP contribution in [0.2, 0.25) is 0 Å². The predicted octanol–water partition coefficient (Wildman–Crippen LogP) is 4.58. The second-order valence-corrected chi connectivity index (χ2v) is 7.06. The van der Waals surface area contributed by atoms with Crippen LogP contribution < -0.4 is 10.2 Å². The number of rotatable bonds is 5. The Hall–Kier alpha value is -0.540. The van der Waals surface area contributed by atoms with E-state index < -0.39 is 0 Å². The summed E-state index contributed by atoms with van der Waals surface area (Å²) in [4.78, 5) is 2.53. The summed E-state index contributed by atoms with van der Waals surface area (Å²) in [5, 5.41) is 3.38. The fourth-order valence-electron chi connectivity index (χ4n) is 2.79. The van der Waals surface area contributed by atoms with Crippen molar-refractivity contribution in [3.05, 3.63) is 28.2 Å². The van der Waals surface area contributed by atoms with Crippen LogP contribution in [0.5, 0.6) is 0 Å². The van der Waals surface area contributed by atoms with Crippen LogP contribution >= 0.6 is 15.9 Å². The minimum absolute atomic E-state index is 0.554. The van der Waals surface area contributed by atoms with Crippen LogP contribution in [0.4, 0.5) is 5.69 Å². The highest BCUT2D eigenvalue weighted by Gasteiger charge is 2.28. The highest BCUT2D eigenvalue weighted by atomic mass is 79.9. The highest BCUT2D eigenvalue weighted by Crippen LogP contribution is 2.36. The lowest BCUT2D eigenvalue weighted by Gasteiger charge is -2.40. The number of anilines is 1. The van der Waals surface area contributed by atoms with Crippen LogP contribution in [0.3, 0.4) is 0 Å². The molecule has 1 aromatic rings. The summed E-state index contributed by atoms with van der Waals surface area (Å²) in [6, 6.07) is 6.79. The molecule has 1 aromatic carbocycles. The SMILES string of the molecule is CCNCc1ccc(N2CCC(C)(CC)CC2)cc1Br. The highest BCUT2D eigenvalue weighted by molar-refractivity contribution is 9.10. The van der Waals surface area contributed by atoms with E-state index in [0.717, 1.165) is 13.1 Å². The topological polar surface area (TPSA) is 15.3 Å². The van der Waals surface area contributed by atoms with Gasteiger partial charge in [0.05, 0.1) is 0 Å². The molecule has 0 aromatic heterocycles. The molecule has 0 aliphatic carbocycles. The number of benzene rings is 1. The zero-order chi connectivity index (χ0) is 14.6. The molecule has 3 heteroatoms. The standard InChI is InChI=1S/C17H27BrN2/c1-4-17(3)8-10-20(11-9-17)15-7-6-14(13-19-5-2)16(18)12-15/h6-7,12,19H,4-5,8-11,13H2,1-3H3. The zero-order valence-corrected chi connectivity index (χ0v) is 14.6. The fourth-order valence-corrected chi connectivity index (χ4v) is 3.30. The van der Waals surface area contributed by atoms with E-state index in [2.05, 4.69) is 65.1 Å². The van der Waals surface area contributed by atoms with Gasteiger partial charge in [-0.1, -0.05) is 49.2 Å². The number of halogens is 1. The minimum atomic E-state index is 0.554. The number of nitrogens with one attached hydrogen (secondary N) is 1. The maximum absolute atomic E-state index is 3.71. The van der Waals surface area contributed by atoms with Crippen molar-refractivity contribution in [3.63, 3.8) is 0 Å². The Labute approximate surface area is 132 Å². The Morgan fingerprint density at radius 2 is 1.95 bits per heavy atom. The Morgan fingerprint density at radius 1 is 1.25 bits per heavy atom. The molecule has 0 amide bonds. The summed E-state index contributed by atoms with van der Waals surface area (Å²) in [6.45, 7) is 11.2. The molecule has 1 fully saturated rings. The molecule has 112 valence electrons. The average Bonchev–Trinajstić information content (AvgIpc) is 2.47. The van der Waals surface area contributed by atoms with Crippen molar-refractivity contribution in [1.29, 1.82) is 0 Å². The number of hydrogen-bond donors (Lipinski definition) is 1. The molecular weight excluding hydrogens is 312 g/mol. The van der Waals surface area contributed by atoms with E-state index in [0.29, 0.717) is 5.41 Å². The van der Waals surface area contributed by atoms with Crippen molar-refractivity contribution >= 4 is 21.6 Å². The largest absolute Gasteiger partial charge is 0.371 e. The van der Waals surface area contributed by atoms with Gasteiger partial charge in [0.1, 0.15) is 0 Å². The first kappa shape index (κ1) is 15.8. The summed E-state index contributed by atoms with van der Waals surface area (Å²) in [7, 11) is 0. The molecule has 1 aliphatic heterocycles. The van der Waals surface area contributed by atoms with Crippen molar-refractivity contribution in [3.8, 4) is 0 Å². The molecule has 1 aliphatic rings. The van der Waals surface area contributed by atoms with Gasteiger partial charge in [0.15, 0.2) is 0 Å². The lowest BCUT2D eigenvalue weighted by molar-refractivity contribution is 0.238. The second-order valence-electron chi connectivity index (χ2n) is 6.21. The lowest BCUT2D eigenvalue weighted by Crippen LogP contribution is -2.38. The second kappa shape index (κ2) is 6.95. The molecule has 2 nitrogen and oxygen atoms in total. The molecule has 0 bridgehead atoms. The van der Waals surface area contributed by atoms with Crippen molar-refractivity contribution in [1.82, 2.24) is 5.32 Å². The molecule has 1 heterocycles. The number of nitrogens with zero attached hydrogens (tertiary/aromatic N) is 1. The Morgan fingerprint density at radius 3 is 2.50 bits per heavy atom. The predicted molar refractivity (Wildman–Crippen MR) is 91.4 cm³/mol. The van der Waals surface area contributed by atoms with E-state index in [1.807, 2.05) is 0 Å². The van der Waals surface area contributed by atoms with Gasteiger partial charge in [0.25, 0.3) is 0 Å². The van der Waals surface area contributed by atoms with Crippen molar-refractivity contribution in [2.24, 2.45) is 5.41 Å². The van der Waals surface area contributed by atoms with Crippen molar-refractivity contribution in [2.75, 3.05) is 24.5 Å². The molecule has 20 heavy (non-hydrogen) atoms. The smallest absolute Gasteiger partial charge is 0.0377 e. The van der Waals surface area contributed by atoms with Gasteiger partial charge in [0, 0.05) is 29.8 Å². The van der Waals surface area contributed by atoms with Crippen LogP contribution in [0, 0.1) is 5.41 Å². The van der Waals surface area contributed by atoms with Gasteiger partial charge in [-0.2, -0.15) is 0 Å². The van der Waals surface area contributed by atoms with Crippen molar-refractivity contribution in [2.45, 2.75) is 46.6 Å². The van der Waals surface area contributed by atoms with Gasteiger partial charge < -0.3 is 10.2 Å². The van der Waals surface area contributed by atoms with Crippen LogP contribution in [0.25, 0.3) is 0 Å². The van der Waals surface area contributed by atoms with E-state index in [9.17, 15) is 0 Å². The Balaban J connectivity index is 2.02. The van der Waals surface area contributed by atoms with E-state index >= 15 is 0 Å². The monoisotopic (exact) mass is 338 g/mol. The summed E-state index contributed by atoms with van der Waals surface area (Å²) in [5.74, 6) is 0. The van der Waals surface area contributed by atoms with E-state index in [-0.39, 0.29) is 0 Å². The summed E-state index contributed by atoms with van der Waals surface area (Å²) in [6.07, 6.45) is 3.91. The molecule has 2 rings (SSSR count). The first-order valence-electron chi connectivity index (χ1n) is 7.82. The van der Waals surface area contributed by atoms with Gasteiger partial charge in [-0.3, -0.25) is 0 Å². The third-order valence-corrected chi connectivity index (χ3v) is 5.53. The summed E-state index contributed by atoms with van der Waals surface area (Å²) < 4.78 is 1.22. The summed E-state index contributed by atoms with van der Waals surface area (Å²) in [5.41, 5.74) is 3.25. The van der Waals surface area contributed by atoms with Gasteiger partial charge >= 0.3 is 0 Å². The molecule has 1 saturated heterocycles. The molecule has 0 radical (unpaired) electrons. The van der Waals surface area contributed by atoms with Crippen LogP contribution in [0.1, 0.15) is 45.6 Å². The molecule has 0 atom stereocenters. The maximum Gasteiger partial charge on any atom is 0.0377 e. The number of piperidine rings is 1. The molecule has 0 spiro atoms. The van der Waals surface area contributed by atoms with Gasteiger partial charge in [0.2, 0.25) is 0 Å². The molecule has 0 saturated carbocycles. The molecular formula is C17H27BrN2. The zero-order valence-electron chi connectivity index (χ0n) is 13.0. The van der Waals surface area contributed by atoms with Crippen LogP contribution in [-0.2, 0) is 6.54 Å². The third kappa shape index (κ3) is 3.76. The Kier molecular flexibility index (Phi) is 5.50. The van der Waals surface area contributed by atoms with Crippen LogP contribution in [0.15, 0.2) is 22.7 Å². The quantitative estimate of drug-likeness (QED) is 0.845. The fraction of sp³-hybridized carbons (Fsp3) is 0.647. The average molecular weight is 339 g/mol. The number of hydrogen-bond acceptors (Lipinski definition) is 2. The van der Waals surface area contributed by atoms with Crippen molar-refractivity contribution < 1.29 is 0 Å². The van der Waals surface area contributed by atoms with Gasteiger partial charge in [-0.25, -0.2) is 0 Å². The van der Waals surface area contributed by atoms with E-state index in [4.69, 9.17) is 0 Å².